The number of halogens is 1. The highest BCUT2D eigenvalue weighted by Crippen LogP contribution is 2.20. The van der Waals surface area contributed by atoms with E-state index in [4.69, 9.17) is 0 Å². The van der Waals surface area contributed by atoms with E-state index >= 15 is 0 Å². The van der Waals surface area contributed by atoms with E-state index in [0.717, 1.165) is 5.56 Å². The molecule has 0 radical (unpaired) electrons. The average Bonchev–Trinajstić information content (AvgIpc) is 2.82. The van der Waals surface area contributed by atoms with Crippen LogP contribution in [0.4, 0.5) is 4.39 Å². The minimum absolute atomic E-state index is 0.248. The zero-order valence-electron chi connectivity index (χ0n) is 10.2. The lowest BCUT2D eigenvalue weighted by molar-refractivity contribution is 0.0907. The van der Waals surface area contributed by atoms with Crippen molar-refractivity contribution in [2.24, 2.45) is 0 Å². The maximum absolute atomic E-state index is 12.9. The Balaban J connectivity index is 2.16. The van der Waals surface area contributed by atoms with Crippen LogP contribution in [0.3, 0.4) is 0 Å². The van der Waals surface area contributed by atoms with Gasteiger partial charge < -0.3 is 5.32 Å². The predicted molar refractivity (Wildman–Crippen MR) is 65.5 cm³/mol. The molecular formula is C13H14FN3O. The number of H-pyrrole nitrogens is 1. The molecule has 2 N–H and O–H groups in total. The van der Waals surface area contributed by atoms with Gasteiger partial charge in [-0.05, 0) is 37.6 Å². The van der Waals surface area contributed by atoms with Crippen molar-refractivity contribution >= 4 is 5.91 Å². The first-order valence-corrected chi connectivity index (χ1v) is 5.57. The molecule has 1 heterocycles. The molecule has 1 amide bonds. The third kappa shape index (κ3) is 2.56. The molecule has 1 aromatic heterocycles. The van der Waals surface area contributed by atoms with Gasteiger partial charge in [-0.2, -0.15) is 5.10 Å². The van der Waals surface area contributed by atoms with Gasteiger partial charge in [-0.3, -0.25) is 9.89 Å². The summed E-state index contributed by atoms with van der Waals surface area (Å²) < 4.78 is 12.9. The molecule has 0 aliphatic carbocycles. The van der Waals surface area contributed by atoms with E-state index in [1.807, 2.05) is 13.8 Å². The van der Waals surface area contributed by atoms with E-state index in [1.165, 1.54) is 18.3 Å². The fourth-order valence-electron chi connectivity index (χ4n) is 1.67. The molecule has 0 saturated carbocycles. The Labute approximate surface area is 104 Å². The average molecular weight is 247 g/mol. The van der Waals surface area contributed by atoms with E-state index < -0.39 is 5.54 Å². The topological polar surface area (TPSA) is 57.8 Å². The van der Waals surface area contributed by atoms with E-state index in [-0.39, 0.29) is 11.7 Å². The van der Waals surface area contributed by atoms with Crippen LogP contribution in [0.1, 0.15) is 29.9 Å². The first-order valence-electron chi connectivity index (χ1n) is 5.57. The van der Waals surface area contributed by atoms with Crippen LogP contribution in [0.25, 0.3) is 0 Å². The molecule has 0 atom stereocenters. The minimum Gasteiger partial charge on any atom is -0.342 e. The number of carbonyl (C=O) groups excluding carboxylic acids is 1. The maximum atomic E-state index is 12.9. The van der Waals surface area contributed by atoms with Crippen molar-refractivity contribution in [3.63, 3.8) is 0 Å². The van der Waals surface area contributed by atoms with Crippen LogP contribution in [0.15, 0.2) is 36.5 Å². The standard InChI is InChI=1S/C13H14FN3O/c1-13(2,9-3-5-10(14)6-4-9)16-12(18)11-7-8-15-17-11/h3-8H,1-2H3,(H,15,17)(H,16,18). The lowest BCUT2D eigenvalue weighted by atomic mass is 9.94. The van der Waals surface area contributed by atoms with Gasteiger partial charge in [0.1, 0.15) is 11.5 Å². The van der Waals surface area contributed by atoms with Crippen molar-refractivity contribution in [1.82, 2.24) is 15.5 Å². The molecule has 4 nitrogen and oxygen atoms in total. The van der Waals surface area contributed by atoms with Crippen LogP contribution >= 0.6 is 0 Å². The monoisotopic (exact) mass is 247 g/mol. The molecule has 0 fully saturated rings. The number of aromatic nitrogens is 2. The Hall–Kier alpha value is -2.17. The molecular weight excluding hydrogens is 233 g/mol. The van der Waals surface area contributed by atoms with Crippen LogP contribution in [0, 0.1) is 5.82 Å². The summed E-state index contributed by atoms with van der Waals surface area (Å²) in [5.74, 6) is -0.545. The van der Waals surface area contributed by atoms with Crippen LogP contribution in [-0.2, 0) is 5.54 Å². The van der Waals surface area contributed by atoms with Gasteiger partial charge in [0.25, 0.3) is 5.91 Å². The molecule has 5 heteroatoms. The number of nitrogens with zero attached hydrogens (tertiary/aromatic N) is 1. The van der Waals surface area contributed by atoms with Crippen molar-refractivity contribution in [2.75, 3.05) is 0 Å². The highest BCUT2D eigenvalue weighted by atomic mass is 19.1. The molecule has 18 heavy (non-hydrogen) atoms. The summed E-state index contributed by atoms with van der Waals surface area (Å²) in [7, 11) is 0. The van der Waals surface area contributed by atoms with Gasteiger partial charge in [0, 0.05) is 6.20 Å². The summed E-state index contributed by atoms with van der Waals surface area (Å²) in [5, 5.41) is 9.18. The summed E-state index contributed by atoms with van der Waals surface area (Å²) in [6.07, 6.45) is 1.51. The van der Waals surface area contributed by atoms with E-state index in [0.29, 0.717) is 5.69 Å². The lowest BCUT2D eigenvalue weighted by Crippen LogP contribution is -2.41. The number of nitrogens with one attached hydrogen (secondary N) is 2. The Morgan fingerprint density at radius 1 is 1.28 bits per heavy atom. The van der Waals surface area contributed by atoms with E-state index in [1.54, 1.807) is 18.2 Å². The predicted octanol–water partition coefficient (Wildman–Crippen LogP) is 2.21. The largest absolute Gasteiger partial charge is 0.342 e. The zero-order chi connectivity index (χ0) is 13.2. The van der Waals surface area contributed by atoms with Crippen molar-refractivity contribution < 1.29 is 9.18 Å². The summed E-state index contributed by atoms with van der Waals surface area (Å²) >= 11 is 0. The third-order valence-electron chi connectivity index (χ3n) is 2.74. The first kappa shape index (κ1) is 12.3. The Kier molecular flexibility index (Phi) is 3.14. The molecule has 0 aliphatic heterocycles. The fraction of sp³-hybridized carbons (Fsp3) is 0.231. The van der Waals surface area contributed by atoms with E-state index in [9.17, 15) is 9.18 Å². The zero-order valence-corrected chi connectivity index (χ0v) is 10.2. The summed E-state index contributed by atoms with van der Waals surface area (Å²) in [6.45, 7) is 3.71. The number of amides is 1. The molecule has 0 aliphatic rings. The summed E-state index contributed by atoms with van der Waals surface area (Å²) in [6, 6.07) is 7.65. The van der Waals surface area contributed by atoms with Gasteiger partial charge in [0.2, 0.25) is 0 Å². The lowest BCUT2D eigenvalue weighted by Gasteiger charge is -2.26. The normalized spacial score (nSPS) is 11.3. The second kappa shape index (κ2) is 4.60. The van der Waals surface area contributed by atoms with E-state index in [2.05, 4.69) is 15.5 Å². The Bertz CT molecular complexity index is 532. The highest BCUT2D eigenvalue weighted by Gasteiger charge is 2.23. The number of carbonyl (C=O) groups is 1. The maximum Gasteiger partial charge on any atom is 0.269 e. The molecule has 1 aromatic carbocycles. The molecule has 0 spiro atoms. The third-order valence-corrected chi connectivity index (χ3v) is 2.74. The number of hydrogen-bond acceptors (Lipinski definition) is 2. The fourth-order valence-corrected chi connectivity index (χ4v) is 1.67. The van der Waals surface area contributed by atoms with Gasteiger partial charge in [-0.15, -0.1) is 0 Å². The number of benzene rings is 1. The van der Waals surface area contributed by atoms with Crippen molar-refractivity contribution in [3.8, 4) is 0 Å². The Morgan fingerprint density at radius 3 is 2.50 bits per heavy atom. The number of hydrogen-bond donors (Lipinski definition) is 2. The second-order valence-corrected chi connectivity index (χ2v) is 4.56. The molecule has 94 valence electrons. The van der Waals surface area contributed by atoms with Crippen molar-refractivity contribution in [3.05, 3.63) is 53.6 Å². The van der Waals surface area contributed by atoms with Gasteiger partial charge in [0.05, 0.1) is 5.54 Å². The van der Waals surface area contributed by atoms with Gasteiger partial charge in [0.15, 0.2) is 0 Å². The first-order chi connectivity index (χ1) is 8.49. The molecule has 0 bridgehead atoms. The van der Waals surface area contributed by atoms with Gasteiger partial charge >= 0.3 is 0 Å². The molecule has 0 saturated heterocycles. The van der Waals surface area contributed by atoms with Crippen LogP contribution in [-0.4, -0.2) is 16.1 Å². The Morgan fingerprint density at radius 2 is 1.94 bits per heavy atom. The van der Waals surface area contributed by atoms with Crippen LogP contribution in [0.2, 0.25) is 0 Å². The quantitative estimate of drug-likeness (QED) is 0.873. The highest BCUT2D eigenvalue weighted by molar-refractivity contribution is 5.92. The van der Waals surface area contributed by atoms with Crippen molar-refractivity contribution in [1.29, 1.82) is 0 Å². The number of aromatic amines is 1. The molecule has 2 rings (SSSR count). The van der Waals surface area contributed by atoms with Gasteiger partial charge in [-0.25, -0.2) is 4.39 Å². The van der Waals surface area contributed by atoms with Crippen LogP contribution < -0.4 is 5.32 Å². The smallest absolute Gasteiger partial charge is 0.269 e. The second-order valence-electron chi connectivity index (χ2n) is 4.56. The molecule has 2 aromatic rings. The SMILES string of the molecule is CC(C)(NC(=O)c1ccn[nH]1)c1ccc(F)cc1. The number of rotatable bonds is 3. The minimum atomic E-state index is -0.587. The molecule has 0 unspecified atom stereocenters. The van der Waals surface area contributed by atoms with Crippen LogP contribution in [0.5, 0.6) is 0 Å². The summed E-state index contributed by atoms with van der Waals surface area (Å²) in [5.41, 5.74) is 0.637. The summed E-state index contributed by atoms with van der Waals surface area (Å²) in [4.78, 5) is 11.9. The van der Waals surface area contributed by atoms with Gasteiger partial charge in [-0.1, -0.05) is 12.1 Å². The van der Waals surface area contributed by atoms with Crippen molar-refractivity contribution in [2.45, 2.75) is 19.4 Å².